The molecule has 1 unspecified atom stereocenters. The third kappa shape index (κ3) is 2.72. The van der Waals surface area contributed by atoms with E-state index in [9.17, 15) is 4.39 Å². The second kappa shape index (κ2) is 5.52. The number of nitrogens with two attached hydrogens (primary N) is 1. The molecule has 0 radical (unpaired) electrons. The molecule has 0 aliphatic carbocycles. The van der Waals surface area contributed by atoms with Gasteiger partial charge in [-0.05, 0) is 42.7 Å². The van der Waals surface area contributed by atoms with Crippen LogP contribution in [0.4, 0.5) is 4.39 Å². The maximum atomic E-state index is 13.1. The SMILES string of the molecule is Cc1ccoc1C(Cc1ccc(F)c(Cl)c1)NN. The molecule has 3 nitrogen and oxygen atoms in total. The summed E-state index contributed by atoms with van der Waals surface area (Å²) >= 11 is 5.75. The van der Waals surface area contributed by atoms with E-state index >= 15 is 0 Å². The van der Waals surface area contributed by atoms with Crippen LogP contribution < -0.4 is 11.3 Å². The van der Waals surface area contributed by atoms with Crippen molar-refractivity contribution in [3.63, 3.8) is 0 Å². The van der Waals surface area contributed by atoms with E-state index in [0.717, 1.165) is 16.9 Å². The van der Waals surface area contributed by atoms with E-state index in [1.165, 1.54) is 6.07 Å². The van der Waals surface area contributed by atoms with Gasteiger partial charge in [-0.3, -0.25) is 5.84 Å². The average Bonchev–Trinajstić information content (AvgIpc) is 2.77. The van der Waals surface area contributed by atoms with Gasteiger partial charge in [0.1, 0.15) is 11.6 Å². The molecule has 96 valence electrons. The lowest BCUT2D eigenvalue weighted by atomic mass is 10.0. The van der Waals surface area contributed by atoms with Gasteiger partial charge in [0, 0.05) is 0 Å². The zero-order valence-corrected chi connectivity index (χ0v) is 10.7. The van der Waals surface area contributed by atoms with E-state index in [2.05, 4.69) is 5.43 Å². The van der Waals surface area contributed by atoms with Crippen molar-refractivity contribution in [3.8, 4) is 0 Å². The fourth-order valence-corrected chi connectivity index (χ4v) is 2.07. The van der Waals surface area contributed by atoms with Crippen LogP contribution in [0.3, 0.4) is 0 Å². The van der Waals surface area contributed by atoms with Crippen LogP contribution in [0.1, 0.15) is 22.9 Å². The first-order chi connectivity index (χ1) is 8.61. The Labute approximate surface area is 110 Å². The molecular weight excluding hydrogens is 255 g/mol. The molecule has 2 aromatic rings. The summed E-state index contributed by atoms with van der Waals surface area (Å²) in [7, 11) is 0. The van der Waals surface area contributed by atoms with Crippen molar-refractivity contribution in [1.29, 1.82) is 0 Å². The molecule has 0 amide bonds. The first-order valence-corrected chi connectivity index (χ1v) is 5.93. The van der Waals surface area contributed by atoms with E-state index in [-0.39, 0.29) is 11.1 Å². The van der Waals surface area contributed by atoms with Crippen molar-refractivity contribution in [3.05, 3.63) is 58.3 Å². The molecule has 0 bridgehead atoms. The number of rotatable bonds is 4. The number of hydrazine groups is 1. The number of halogens is 2. The summed E-state index contributed by atoms with van der Waals surface area (Å²) in [6, 6.07) is 6.34. The molecule has 0 aliphatic rings. The Morgan fingerprint density at radius 1 is 1.44 bits per heavy atom. The van der Waals surface area contributed by atoms with Gasteiger partial charge in [0.05, 0.1) is 17.3 Å². The van der Waals surface area contributed by atoms with Crippen LogP contribution in [0.5, 0.6) is 0 Å². The maximum Gasteiger partial charge on any atom is 0.141 e. The third-order valence-corrected chi connectivity index (χ3v) is 3.13. The van der Waals surface area contributed by atoms with E-state index in [0.29, 0.717) is 6.42 Å². The maximum absolute atomic E-state index is 13.1. The lowest BCUT2D eigenvalue weighted by Gasteiger charge is -2.14. The molecule has 1 atom stereocenters. The van der Waals surface area contributed by atoms with Crippen molar-refractivity contribution in [1.82, 2.24) is 5.43 Å². The monoisotopic (exact) mass is 268 g/mol. The molecule has 18 heavy (non-hydrogen) atoms. The van der Waals surface area contributed by atoms with Gasteiger partial charge in [0.2, 0.25) is 0 Å². The fourth-order valence-electron chi connectivity index (χ4n) is 1.87. The van der Waals surface area contributed by atoms with Gasteiger partial charge in [0.25, 0.3) is 0 Å². The lowest BCUT2D eigenvalue weighted by Crippen LogP contribution is -2.29. The zero-order chi connectivity index (χ0) is 13.1. The first-order valence-electron chi connectivity index (χ1n) is 5.56. The van der Waals surface area contributed by atoms with Crippen molar-refractivity contribution in [2.24, 2.45) is 5.84 Å². The van der Waals surface area contributed by atoms with Crippen molar-refractivity contribution in [2.75, 3.05) is 0 Å². The molecule has 1 aromatic heterocycles. The highest BCUT2D eigenvalue weighted by Gasteiger charge is 2.16. The third-order valence-electron chi connectivity index (χ3n) is 2.84. The summed E-state index contributed by atoms with van der Waals surface area (Å²) in [5.41, 5.74) is 4.61. The molecule has 1 heterocycles. The number of furan rings is 1. The van der Waals surface area contributed by atoms with E-state index in [4.69, 9.17) is 21.9 Å². The summed E-state index contributed by atoms with van der Waals surface area (Å²) in [6.07, 6.45) is 2.19. The predicted molar refractivity (Wildman–Crippen MR) is 68.6 cm³/mol. The van der Waals surface area contributed by atoms with Crippen LogP contribution in [-0.2, 0) is 6.42 Å². The molecule has 0 saturated carbocycles. The standard InChI is InChI=1S/C13H14ClFN2O/c1-8-4-5-18-13(8)12(17-16)7-9-2-3-11(15)10(14)6-9/h2-6,12,17H,7,16H2,1H3. The van der Waals surface area contributed by atoms with Crippen molar-refractivity contribution < 1.29 is 8.81 Å². The quantitative estimate of drug-likeness (QED) is 0.662. The summed E-state index contributed by atoms with van der Waals surface area (Å²) in [5.74, 6) is 5.88. The second-order valence-corrected chi connectivity index (χ2v) is 4.55. The van der Waals surface area contributed by atoms with E-state index in [1.807, 2.05) is 13.0 Å². The first kappa shape index (κ1) is 13.1. The van der Waals surface area contributed by atoms with Gasteiger partial charge in [0.15, 0.2) is 0 Å². The average molecular weight is 269 g/mol. The summed E-state index contributed by atoms with van der Waals surface area (Å²) in [5, 5.41) is 0.111. The Morgan fingerprint density at radius 3 is 2.78 bits per heavy atom. The Kier molecular flexibility index (Phi) is 4.01. The second-order valence-electron chi connectivity index (χ2n) is 4.14. The zero-order valence-electron chi connectivity index (χ0n) is 9.91. The van der Waals surface area contributed by atoms with Gasteiger partial charge in [-0.2, -0.15) is 0 Å². The lowest BCUT2D eigenvalue weighted by molar-refractivity contribution is 0.413. The van der Waals surface area contributed by atoms with Gasteiger partial charge < -0.3 is 4.42 Å². The van der Waals surface area contributed by atoms with Crippen LogP contribution in [-0.4, -0.2) is 0 Å². The minimum atomic E-state index is -0.424. The van der Waals surface area contributed by atoms with Crippen molar-refractivity contribution >= 4 is 11.6 Å². The van der Waals surface area contributed by atoms with Crippen LogP contribution >= 0.6 is 11.6 Å². The summed E-state index contributed by atoms with van der Waals surface area (Å²) in [6.45, 7) is 1.95. The molecule has 1 aromatic carbocycles. The van der Waals surface area contributed by atoms with Gasteiger partial charge in [-0.25, -0.2) is 9.82 Å². The van der Waals surface area contributed by atoms with Crippen molar-refractivity contribution in [2.45, 2.75) is 19.4 Å². The van der Waals surface area contributed by atoms with Gasteiger partial charge in [-0.15, -0.1) is 0 Å². The van der Waals surface area contributed by atoms with Crippen LogP contribution in [0, 0.1) is 12.7 Å². The number of nitrogens with one attached hydrogen (secondary N) is 1. The number of hydrogen-bond donors (Lipinski definition) is 2. The Hall–Kier alpha value is -1.36. The van der Waals surface area contributed by atoms with Crippen LogP contribution in [0.15, 0.2) is 34.9 Å². The number of aryl methyl sites for hydroxylation is 1. The topological polar surface area (TPSA) is 51.2 Å². The minimum absolute atomic E-state index is 0.111. The van der Waals surface area contributed by atoms with Gasteiger partial charge >= 0.3 is 0 Å². The summed E-state index contributed by atoms with van der Waals surface area (Å²) in [4.78, 5) is 0. The Balaban J connectivity index is 2.20. The molecule has 5 heteroatoms. The molecule has 0 spiro atoms. The highest BCUT2D eigenvalue weighted by molar-refractivity contribution is 6.30. The molecular formula is C13H14ClFN2O. The normalized spacial score (nSPS) is 12.7. The molecule has 2 rings (SSSR count). The van der Waals surface area contributed by atoms with E-state index < -0.39 is 5.82 Å². The molecule has 0 saturated heterocycles. The Bertz CT molecular complexity index is 542. The Morgan fingerprint density at radius 2 is 2.22 bits per heavy atom. The van der Waals surface area contributed by atoms with Crippen LogP contribution in [0.25, 0.3) is 0 Å². The molecule has 0 aliphatic heterocycles. The minimum Gasteiger partial charge on any atom is -0.467 e. The summed E-state index contributed by atoms with van der Waals surface area (Å²) < 4.78 is 18.5. The highest BCUT2D eigenvalue weighted by atomic mass is 35.5. The number of benzene rings is 1. The highest BCUT2D eigenvalue weighted by Crippen LogP contribution is 2.24. The van der Waals surface area contributed by atoms with Gasteiger partial charge in [-0.1, -0.05) is 17.7 Å². The largest absolute Gasteiger partial charge is 0.467 e. The molecule has 3 N–H and O–H groups in total. The fraction of sp³-hybridized carbons (Fsp3) is 0.231. The number of hydrogen-bond acceptors (Lipinski definition) is 3. The van der Waals surface area contributed by atoms with E-state index in [1.54, 1.807) is 18.4 Å². The smallest absolute Gasteiger partial charge is 0.141 e. The molecule has 0 fully saturated rings. The van der Waals surface area contributed by atoms with Crippen LogP contribution in [0.2, 0.25) is 5.02 Å². The predicted octanol–water partition coefficient (Wildman–Crippen LogP) is 3.13.